The van der Waals surface area contributed by atoms with Crippen molar-refractivity contribution in [2.24, 2.45) is 4.99 Å². The smallest absolute Gasteiger partial charge is 0.178 e. The second-order valence-corrected chi connectivity index (χ2v) is 6.90. The van der Waals surface area contributed by atoms with Crippen LogP contribution in [0.15, 0.2) is 47.6 Å². The largest absolute Gasteiger partial charge is 0.274 e. The third kappa shape index (κ3) is 2.39. The summed E-state index contributed by atoms with van der Waals surface area (Å²) in [6.07, 6.45) is 2.53. The quantitative estimate of drug-likeness (QED) is 0.672. The van der Waals surface area contributed by atoms with Crippen molar-refractivity contribution in [1.29, 1.82) is 0 Å². The van der Waals surface area contributed by atoms with Crippen LogP contribution < -0.4 is 0 Å². The lowest BCUT2D eigenvalue weighted by Crippen LogP contribution is -2.31. The molecule has 2 heterocycles. The Bertz CT molecular complexity index is 989. The molecule has 0 fully saturated rings. The minimum atomic E-state index is -0.310. The molecule has 0 aliphatic carbocycles. The van der Waals surface area contributed by atoms with Gasteiger partial charge in [0.1, 0.15) is 11.5 Å². The molecule has 0 saturated heterocycles. The van der Waals surface area contributed by atoms with E-state index in [2.05, 4.69) is 23.8 Å². The van der Waals surface area contributed by atoms with Crippen LogP contribution >= 0.6 is 0 Å². The Kier molecular flexibility index (Phi) is 3.23. The van der Waals surface area contributed by atoms with Crippen LogP contribution in [-0.4, -0.2) is 21.2 Å². The van der Waals surface area contributed by atoms with Crippen molar-refractivity contribution in [3.05, 3.63) is 70.9 Å². The van der Waals surface area contributed by atoms with E-state index in [0.717, 1.165) is 27.7 Å². The van der Waals surface area contributed by atoms with E-state index in [9.17, 15) is 4.39 Å². The zero-order chi connectivity index (χ0) is 16.9. The van der Waals surface area contributed by atoms with Crippen LogP contribution in [0.1, 0.15) is 36.4 Å². The number of aromatic nitrogens is 2. The fraction of sp³-hybridized carbons (Fsp3) is 0.250. The van der Waals surface area contributed by atoms with Gasteiger partial charge < -0.3 is 0 Å². The summed E-state index contributed by atoms with van der Waals surface area (Å²) in [6.45, 7) is 5.94. The van der Waals surface area contributed by atoms with Crippen LogP contribution in [0.5, 0.6) is 0 Å². The lowest BCUT2D eigenvalue weighted by Gasteiger charge is -2.29. The topological polar surface area (TPSA) is 38.1 Å². The van der Waals surface area contributed by atoms with E-state index in [1.165, 1.54) is 6.07 Å². The second-order valence-electron chi connectivity index (χ2n) is 6.90. The van der Waals surface area contributed by atoms with Gasteiger partial charge in [-0.1, -0.05) is 18.2 Å². The molecule has 0 N–H and O–H groups in total. The van der Waals surface area contributed by atoms with Gasteiger partial charge >= 0.3 is 0 Å². The standard InChI is InChI=1S/C20H18FN3/c1-12-15-10-20(2,3)24-18(14(15)8-9-16(12)21)19-22-11-13-6-4-5-7-17(13)23-19/h4-9,11H,10H2,1-3H3. The fourth-order valence-corrected chi connectivity index (χ4v) is 3.27. The van der Waals surface area contributed by atoms with Crippen LogP contribution in [0.25, 0.3) is 10.9 Å². The first-order chi connectivity index (χ1) is 11.4. The van der Waals surface area contributed by atoms with Crippen LogP contribution in [0, 0.1) is 12.7 Å². The Hall–Kier alpha value is -2.62. The van der Waals surface area contributed by atoms with Crippen molar-refractivity contribution in [1.82, 2.24) is 9.97 Å². The number of halogens is 1. The molecule has 3 aromatic rings. The number of hydrogen-bond donors (Lipinski definition) is 0. The molecule has 4 rings (SSSR count). The van der Waals surface area contributed by atoms with E-state index in [4.69, 9.17) is 4.99 Å². The number of fused-ring (bicyclic) bond motifs is 2. The van der Waals surface area contributed by atoms with Gasteiger partial charge in [-0.3, -0.25) is 4.99 Å². The SMILES string of the molecule is Cc1c(F)ccc2c1CC(C)(C)N=C2c1ncc2ccccc2n1. The van der Waals surface area contributed by atoms with Crippen molar-refractivity contribution in [2.45, 2.75) is 32.7 Å². The van der Waals surface area contributed by atoms with Gasteiger partial charge in [0.25, 0.3) is 0 Å². The third-order valence-corrected chi connectivity index (χ3v) is 4.51. The van der Waals surface area contributed by atoms with Crippen molar-refractivity contribution < 1.29 is 4.39 Å². The summed E-state index contributed by atoms with van der Waals surface area (Å²) in [5.41, 5.74) is 3.94. The van der Waals surface area contributed by atoms with Gasteiger partial charge in [-0.25, -0.2) is 14.4 Å². The molecule has 0 unspecified atom stereocenters. The highest BCUT2D eigenvalue weighted by molar-refractivity contribution is 6.13. The van der Waals surface area contributed by atoms with E-state index in [1.807, 2.05) is 37.4 Å². The molecule has 120 valence electrons. The highest BCUT2D eigenvalue weighted by Gasteiger charge is 2.30. The molecule has 1 aliphatic heterocycles. The summed E-state index contributed by atoms with van der Waals surface area (Å²) in [7, 11) is 0. The van der Waals surface area contributed by atoms with Gasteiger partial charge in [0, 0.05) is 17.1 Å². The molecule has 0 spiro atoms. The first-order valence-corrected chi connectivity index (χ1v) is 8.05. The highest BCUT2D eigenvalue weighted by atomic mass is 19.1. The Morgan fingerprint density at radius 2 is 1.88 bits per heavy atom. The average Bonchev–Trinajstić information content (AvgIpc) is 2.57. The minimum Gasteiger partial charge on any atom is -0.274 e. The van der Waals surface area contributed by atoms with Gasteiger partial charge in [-0.05, 0) is 56.5 Å². The van der Waals surface area contributed by atoms with Crippen LogP contribution in [0.3, 0.4) is 0 Å². The normalized spacial score (nSPS) is 15.9. The lowest BCUT2D eigenvalue weighted by molar-refractivity contribution is 0.507. The second kappa shape index (κ2) is 5.20. The Labute approximate surface area is 140 Å². The summed E-state index contributed by atoms with van der Waals surface area (Å²) in [4.78, 5) is 14.1. The van der Waals surface area contributed by atoms with Crippen molar-refractivity contribution in [3.63, 3.8) is 0 Å². The van der Waals surface area contributed by atoms with E-state index < -0.39 is 0 Å². The summed E-state index contributed by atoms with van der Waals surface area (Å²) in [5, 5.41) is 0.993. The van der Waals surface area contributed by atoms with Crippen molar-refractivity contribution >= 4 is 16.6 Å². The maximum Gasteiger partial charge on any atom is 0.178 e. The molecule has 1 aliphatic rings. The minimum absolute atomic E-state index is 0.176. The molecule has 3 nitrogen and oxygen atoms in total. The van der Waals surface area contributed by atoms with Crippen LogP contribution in [-0.2, 0) is 6.42 Å². The summed E-state index contributed by atoms with van der Waals surface area (Å²) >= 11 is 0. The number of nitrogens with zero attached hydrogens (tertiary/aromatic N) is 3. The van der Waals surface area contributed by atoms with Crippen LogP contribution in [0.4, 0.5) is 4.39 Å². The van der Waals surface area contributed by atoms with E-state index in [-0.39, 0.29) is 11.4 Å². The van der Waals surface area contributed by atoms with Gasteiger partial charge in [0.2, 0.25) is 0 Å². The average molecular weight is 319 g/mol. The number of para-hydroxylation sites is 1. The maximum absolute atomic E-state index is 14.0. The number of rotatable bonds is 1. The molecular weight excluding hydrogens is 301 g/mol. The predicted molar refractivity (Wildman–Crippen MR) is 94.1 cm³/mol. The Balaban J connectivity index is 1.95. The van der Waals surface area contributed by atoms with E-state index >= 15 is 0 Å². The zero-order valence-corrected chi connectivity index (χ0v) is 14.0. The van der Waals surface area contributed by atoms with Crippen molar-refractivity contribution in [3.8, 4) is 0 Å². The number of aliphatic imine (C=N–C) groups is 1. The molecule has 0 amide bonds. The molecule has 0 bridgehead atoms. The lowest BCUT2D eigenvalue weighted by atomic mass is 9.84. The predicted octanol–water partition coefficient (Wildman–Crippen LogP) is 4.25. The molecule has 0 saturated carbocycles. The Morgan fingerprint density at radius 3 is 2.71 bits per heavy atom. The first-order valence-electron chi connectivity index (χ1n) is 8.05. The van der Waals surface area contributed by atoms with Gasteiger partial charge in [0.15, 0.2) is 5.82 Å². The van der Waals surface area contributed by atoms with Crippen molar-refractivity contribution in [2.75, 3.05) is 0 Å². The molecule has 0 radical (unpaired) electrons. The highest BCUT2D eigenvalue weighted by Crippen LogP contribution is 2.31. The summed E-state index contributed by atoms with van der Waals surface area (Å²) in [5.74, 6) is 0.416. The summed E-state index contributed by atoms with van der Waals surface area (Å²) < 4.78 is 14.0. The summed E-state index contributed by atoms with van der Waals surface area (Å²) in [6, 6.07) is 11.2. The van der Waals surface area contributed by atoms with Crippen LogP contribution in [0.2, 0.25) is 0 Å². The molecule has 1 aromatic heterocycles. The monoisotopic (exact) mass is 319 g/mol. The maximum atomic E-state index is 14.0. The molecule has 24 heavy (non-hydrogen) atoms. The van der Waals surface area contributed by atoms with E-state index in [0.29, 0.717) is 17.8 Å². The Morgan fingerprint density at radius 1 is 1.08 bits per heavy atom. The molecular formula is C20H18FN3. The van der Waals surface area contributed by atoms with Gasteiger partial charge in [0.05, 0.1) is 11.1 Å². The molecule has 2 aromatic carbocycles. The number of benzene rings is 2. The van der Waals surface area contributed by atoms with Gasteiger partial charge in [-0.2, -0.15) is 0 Å². The van der Waals surface area contributed by atoms with Gasteiger partial charge in [-0.15, -0.1) is 0 Å². The molecule has 0 atom stereocenters. The zero-order valence-electron chi connectivity index (χ0n) is 14.0. The number of hydrogen-bond acceptors (Lipinski definition) is 3. The fourth-order valence-electron chi connectivity index (χ4n) is 3.27. The molecule has 4 heteroatoms. The first kappa shape index (κ1) is 14.9. The third-order valence-electron chi connectivity index (χ3n) is 4.51. The van der Waals surface area contributed by atoms with E-state index in [1.54, 1.807) is 6.07 Å².